The van der Waals surface area contributed by atoms with Crippen LogP contribution in [0.4, 0.5) is 0 Å². The fourth-order valence-electron chi connectivity index (χ4n) is 7.13. The van der Waals surface area contributed by atoms with Crippen molar-refractivity contribution in [1.82, 2.24) is 20.2 Å². The van der Waals surface area contributed by atoms with Crippen molar-refractivity contribution in [1.29, 1.82) is 0 Å². The molecule has 52 heavy (non-hydrogen) atoms. The van der Waals surface area contributed by atoms with Gasteiger partial charge in [-0.15, -0.1) is 5.10 Å². The second-order valence-corrected chi connectivity index (χ2v) is 12.8. The summed E-state index contributed by atoms with van der Waals surface area (Å²) in [6.45, 7) is 2.01. The molecule has 2 heterocycles. The average Bonchev–Trinajstić information content (AvgIpc) is 3.83. The largest absolute Gasteiger partial charge is 0.476 e. The Labute approximate surface area is 300 Å². The standard InChI is InChI=1S/C42H36N6O4/c1-2-3-27-41(43-36(39(49)50)37(44-41)40(51)52)28-29-23-25-30(26-24-29)34-21-13-14-22-35(34)38-45-46-47-48(38)42(31-15-7-4-8-16-31,32-17-9-5-10-18-32)33-19-11-6-12-20-33/h4-26H,2-3,27-28H2,1H3,(H,49,50)(H,51,52). The molecule has 0 saturated carbocycles. The highest BCUT2D eigenvalue weighted by Crippen LogP contribution is 2.43. The highest BCUT2D eigenvalue weighted by Gasteiger charge is 2.43. The number of aliphatic imine (C=N–C) groups is 2. The number of carboxylic acids is 2. The van der Waals surface area contributed by atoms with Gasteiger partial charge in [-0.25, -0.2) is 24.3 Å². The second-order valence-electron chi connectivity index (χ2n) is 12.8. The fraction of sp³-hybridized carbons (Fsp3) is 0.167. The van der Waals surface area contributed by atoms with Crippen molar-refractivity contribution in [3.05, 3.63) is 162 Å². The molecule has 0 spiro atoms. The smallest absolute Gasteiger partial charge is 0.356 e. The van der Waals surface area contributed by atoms with Crippen LogP contribution in [0, 0.1) is 0 Å². The molecule has 1 aliphatic rings. The van der Waals surface area contributed by atoms with Crippen LogP contribution in [0.15, 0.2) is 150 Å². The summed E-state index contributed by atoms with van der Waals surface area (Å²) in [5, 5.41) is 33.0. The Balaban J connectivity index is 1.33. The van der Waals surface area contributed by atoms with E-state index in [0.717, 1.165) is 45.4 Å². The number of nitrogens with zero attached hydrogens (tertiary/aromatic N) is 6. The maximum absolute atomic E-state index is 11.9. The Morgan fingerprint density at radius 1 is 0.654 bits per heavy atom. The Bertz CT molecular complexity index is 2140. The Morgan fingerprint density at radius 3 is 1.62 bits per heavy atom. The van der Waals surface area contributed by atoms with Crippen molar-refractivity contribution in [2.24, 2.45) is 9.98 Å². The molecule has 10 nitrogen and oxygen atoms in total. The molecule has 0 saturated heterocycles. The van der Waals surface area contributed by atoms with Crippen LogP contribution < -0.4 is 0 Å². The van der Waals surface area contributed by atoms with Crippen molar-refractivity contribution in [3.8, 4) is 22.5 Å². The first-order valence-corrected chi connectivity index (χ1v) is 17.2. The molecule has 0 bridgehead atoms. The normalized spacial score (nSPS) is 13.7. The highest BCUT2D eigenvalue weighted by atomic mass is 16.4. The van der Waals surface area contributed by atoms with Crippen LogP contribution in [0.25, 0.3) is 22.5 Å². The van der Waals surface area contributed by atoms with Gasteiger partial charge in [-0.1, -0.05) is 153 Å². The van der Waals surface area contributed by atoms with Crippen molar-refractivity contribution in [3.63, 3.8) is 0 Å². The van der Waals surface area contributed by atoms with Crippen molar-refractivity contribution < 1.29 is 19.8 Å². The minimum atomic E-state index is -1.40. The third-order valence-electron chi connectivity index (χ3n) is 9.48. The Hall–Kier alpha value is -6.55. The molecular weight excluding hydrogens is 653 g/mol. The molecular formula is C42H36N6O4. The number of unbranched alkanes of at least 4 members (excludes halogenated alkanes) is 1. The number of aliphatic carboxylic acids is 2. The summed E-state index contributed by atoms with van der Waals surface area (Å²) in [4.78, 5) is 32.6. The topological polar surface area (TPSA) is 143 Å². The van der Waals surface area contributed by atoms with Crippen LogP contribution in [0.1, 0.15) is 48.4 Å². The van der Waals surface area contributed by atoms with Crippen molar-refractivity contribution >= 4 is 23.4 Å². The predicted octanol–water partition coefficient (Wildman–Crippen LogP) is 7.34. The van der Waals surface area contributed by atoms with E-state index >= 15 is 0 Å². The number of rotatable bonds is 13. The summed E-state index contributed by atoms with van der Waals surface area (Å²) >= 11 is 0. The molecule has 0 unspecified atom stereocenters. The van der Waals surface area contributed by atoms with Gasteiger partial charge in [-0.3, -0.25) is 0 Å². The zero-order valence-corrected chi connectivity index (χ0v) is 28.5. The van der Waals surface area contributed by atoms with E-state index in [-0.39, 0.29) is 6.42 Å². The van der Waals surface area contributed by atoms with E-state index in [2.05, 4.69) is 56.7 Å². The molecule has 7 rings (SSSR count). The summed E-state index contributed by atoms with van der Waals surface area (Å²) < 4.78 is 1.91. The maximum atomic E-state index is 11.9. The van der Waals surface area contributed by atoms with Gasteiger partial charge in [0.2, 0.25) is 0 Å². The van der Waals surface area contributed by atoms with Gasteiger partial charge in [0.15, 0.2) is 22.9 Å². The number of carbonyl (C=O) groups is 2. The molecule has 1 aromatic heterocycles. The monoisotopic (exact) mass is 688 g/mol. The number of aromatic nitrogens is 4. The van der Waals surface area contributed by atoms with E-state index in [1.807, 2.05) is 115 Å². The molecule has 5 aromatic carbocycles. The first kappa shape index (κ1) is 33.9. The third kappa shape index (κ3) is 6.19. The van der Waals surface area contributed by atoms with Crippen LogP contribution in [0.2, 0.25) is 0 Å². The second kappa shape index (κ2) is 14.4. The summed E-state index contributed by atoms with van der Waals surface area (Å²) in [6, 6.07) is 46.6. The molecule has 0 amide bonds. The lowest BCUT2D eigenvalue weighted by molar-refractivity contribution is -0.131. The Morgan fingerprint density at radius 2 is 1.13 bits per heavy atom. The minimum Gasteiger partial charge on any atom is -0.476 e. The van der Waals surface area contributed by atoms with Gasteiger partial charge < -0.3 is 10.2 Å². The Kier molecular flexibility index (Phi) is 9.37. The SMILES string of the molecule is CCCCC1(Cc2ccc(-c3ccccc3-c3nnnn3C(c3ccccc3)(c3ccccc3)c3ccccc3)cc2)N=C(C(=O)O)C(C(=O)O)=N1. The van der Waals surface area contributed by atoms with E-state index in [0.29, 0.717) is 18.7 Å². The molecule has 0 atom stereocenters. The van der Waals surface area contributed by atoms with Crippen LogP contribution in [-0.2, 0) is 21.5 Å². The quantitative estimate of drug-likeness (QED) is 0.121. The third-order valence-corrected chi connectivity index (χ3v) is 9.48. The molecule has 258 valence electrons. The van der Waals surface area contributed by atoms with Crippen molar-refractivity contribution in [2.45, 2.75) is 43.8 Å². The maximum Gasteiger partial charge on any atom is 0.356 e. The average molecular weight is 689 g/mol. The number of tetrazole rings is 1. The first-order chi connectivity index (χ1) is 25.4. The van der Waals surface area contributed by atoms with Crippen LogP contribution >= 0.6 is 0 Å². The highest BCUT2D eigenvalue weighted by molar-refractivity contribution is 6.79. The van der Waals surface area contributed by atoms with Crippen LogP contribution in [0.3, 0.4) is 0 Å². The molecule has 6 aromatic rings. The van der Waals surface area contributed by atoms with E-state index in [1.54, 1.807) is 0 Å². The van der Waals surface area contributed by atoms with E-state index in [1.165, 1.54) is 0 Å². The van der Waals surface area contributed by atoms with E-state index in [9.17, 15) is 19.8 Å². The van der Waals surface area contributed by atoms with Gasteiger partial charge in [0.05, 0.1) is 0 Å². The number of hydrogen-bond donors (Lipinski definition) is 2. The number of hydrogen-bond acceptors (Lipinski definition) is 7. The van der Waals surface area contributed by atoms with Crippen molar-refractivity contribution in [2.75, 3.05) is 0 Å². The zero-order chi connectivity index (χ0) is 36.1. The molecule has 2 N–H and O–H groups in total. The zero-order valence-electron chi connectivity index (χ0n) is 28.5. The lowest BCUT2D eigenvalue weighted by Gasteiger charge is -2.36. The molecule has 1 aliphatic heterocycles. The van der Waals surface area contributed by atoms with Crippen LogP contribution in [-0.4, -0.2) is 59.4 Å². The van der Waals surface area contributed by atoms with Crippen LogP contribution in [0.5, 0.6) is 0 Å². The molecule has 0 radical (unpaired) electrons. The first-order valence-electron chi connectivity index (χ1n) is 17.2. The number of carboxylic acid groups (broad SMARTS) is 2. The predicted molar refractivity (Wildman–Crippen MR) is 199 cm³/mol. The number of benzene rings is 5. The summed E-state index contributed by atoms with van der Waals surface area (Å²) in [5.41, 5.74) is 3.35. The summed E-state index contributed by atoms with van der Waals surface area (Å²) in [5.74, 6) is -2.22. The lowest BCUT2D eigenvalue weighted by atomic mass is 9.77. The molecule has 0 aliphatic carbocycles. The van der Waals surface area contributed by atoms with Gasteiger partial charge >= 0.3 is 11.9 Å². The molecule has 10 heteroatoms. The molecule has 0 fully saturated rings. The lowest BCUT2D eigenvalue weighted by Crippen LogP contribution is -2.39. The summed E-state index contributed by atoms with van der Waals surface area (Å²) in [6.07, 6.45) is 2.22. The van der Waals surface area contributed by atoms with Gasteiger partial charge in [0.25, 0.3) is 0 Å². The summed E-state index contributed by atoms with van der Waals surface area (Å²) in [7, 11) is 0. The van der Waals surface area contributed by atoms with Gasteiger partial charge in [0, 0.05) is 12.0 Å². The van der Waals surface area contributed by atoms with Gasteiger partial charge in [-0.2, -0.15) is 0 Å². The van der Waals surface area contributed by atoms with Gasteiger partial charge in [0.1, 0.15) is 5.54 Å². The minimum absolute atomic E-state index is 0.258. The van der Waals surface area contributed by atoms with Gasteiger partial charge in [-0.05, 0) is 56.6 Å². The van der Waals surface area contributed by atoms with E-state index < -0.39 is 34.6 Å². The van der Waals surface area contributed by atoms with E-state index in [4.69, 9.17) is 5.21 Å². The fourth-order valence-corrected chi connectivity index (χ4v) is 7.13.